The molecule has 20 heavy (non-hydrogen) atoms. The van der Waals surface area contributed by atoms with E-state index in [2.05, 4.69) is 5.32 Å². The van der Waals surface area contributed by atoms with Gasteiger partial charge in [-0.15, -0.1) is 0 Å². The van der Waals surface area contributed by atoms with Gasteiger partial charge in [0.1, 0.15) is 0 Å². The Morgan fingerprint density at radius 1 is 1.15 bits per heavy atom. The Bertz CT molecular complexity index is 577. The van der Waals surface area contributed by atoms with E-state index in [9.17, 15) is 14.7 Å². The predicted octanol–water partition coefficient (Wildman–Crippen LogP) is 2.47. The summed E-state index contributed by atoms with van der Waals surface area (Å²) in [5.74, 6) is -2.00. The minimum atomic E-state index is -0.974. The summed E-state index contributed by atoms with van der Waals surface area (Å²) >= 11 is 0. The lowest BCUT2D eigenvalue weighted by Crippen LogP contribution is -2.35. The average Bonchev–Trinajstić information content (AvgIpc) is 2.99. The second kappa shape index (κ2) is 6.06. The predicted molar refractivity (Wildman–Crippen MR) is 72.2 cm³/mol. The zero-order valence-corrected chi connectivity index (χ0v) is 10.9. The molecule has 104 valence electrons. The maximum Gasteiger partial charge on any atom is 0.308 e. The fourth-order valence-electron chi connectivity index (χ4n) is 1.92. The Hall–Kier alpha value is -2.56. The molecule has 0 aliphatic rings. The molecular formula is C15H15NO4. The van der Waals surface area contributed by atoms with E-state index in [0.717, 1.165) is 5.56 Å². The summed E-state index contributed by atoms with van der Waals surface area (Å²) in [6.07, 6.45) is 1.40. The lowest BCUT2D eigenvalue weighted by Gasteiger charge is -2.22. The zero-order chi connectivity index (χ0) is 14.5. The second-order valence-corrected chi connectivity index (χ2v) is 4.47. The maximum absolute atomic E-state index is 12.0. The number of amides is 1. The molecule has 0 radical (unpaired) electrons. The van der Waals surface area contributed by atoms with Crippen LogP contribution in [0.25, 0.3) is 0 Å². The third kappa shape index (κ3) is 3.06. The highest BCUT2D eigenvalue weighted by atomic mass is 16.4. The fourth-order valence-corrected chi connectivity index (χ4v) is 1.92. The summed E-state index contributed by atoms with van der Waals surface area (Å²) in [6.45, 7) is 1.56. The summed E-state index contributed by atoms with van der Waals surface area (Å²) < 4.78 is 5.01. The van der Waals surface area contributed by atoms with E-state index in [-0.39, 0.29) is 5.76 Å². The van der Waals surface area contributed by atoms with Crippen LogP contribution in [0, 0.1) is 5.92 Å². The topological polar surface area (TPSA) is 79.5 Å². The molecule has 0 bridgehead atoms. The maximum atomic E-state index is 12.0. The van der Waals surface area contributed by atoms with Gasteiger partial charge in [0.15, 0.2) is 5.76 Å². The van der Waals surface area contributed by atoms with Crippen molar-refractivity contribution < 1.29 is 19.1 Å². The third-order valence-electron chi connectivity index (χ3n) is 3.08. The number of furan rings is 1. The van der Waals surface area contributed by atoms with Gasteiger partial charge in [0.25, 0.3) is 5.91 Å². The first kappa shape index (κ1) is 13.9. The van der Waals surface area contributed by atoms with Gasteiger partial charge in [0, 0.05) is 0 Å². The Morgan fingerprint density at radius 2 is 1.85 bits per heavy atom. The van der Waals surface area contributed by atoms with Gasteiger partial charge in [-0.2, -0.15) is 0 Å². The molecule has 5 heteroatoms. The molecule has 0 aliphatic carbocycles. The van der Waals surface area contributed by atoms with Crippen molar-refractivity contribution in [2.24, 2.45) is 5.92 Å². The van der Waals surface area contributed by atoms with Crippen LogP contribution in [-0.4, -0.2) is 17.0 Å². The first-order chi connectivity index (χ1) is 9.59. The van der Waals surface area contributed by atoms with Gasteiger partial charge in [0.2, 0.25) is 0 Å². The van der Waals surface area contributed by atoms with Crippen LogP contribution in [0.4, 0.5) is 0 Å². The van der Waals surface area contributed by atoms with Crippen molar-refractivity contribution in [1.29, 1.82) is 0 Å². The molecule has 2 N–H and O–H groups in total. The molecule has 2 rings (SSSR count). The first-order valence-electron chi connectivity index (χ1n) is 6.21. The van der Waals surface area contributed by atoms with E-state index in [1.165, 1.54) is 12.3 Å². The van der Waals surface area contributed by atoms with Gasteiger partial charge in [-0.05, 0) is 24.6 Å². The van der Waals surface area contributed by atoms with Crippen LogP contribution < -0.4 is 5.32 Å². The number of carbonyl (C=O) groups is 2. The van der Waals surface area contributed by atoms with Crippen LogP contribution in [0.3, 0.4) is 0 Å². The van der Waals surface area contributed by atoms with Gasteiger partial charge < -0.3 is 14.8 Å². The molecule has 0 unspecified atom stereocenters. The minimum absolute atomic E-state index is 0.156. The van der Waals surface area contributed by atoms with Gasteiger partial charge in [-0.25, -0.2) is 0 Å². The fraction of sp³-hybridized carbons (Fsp3) is 0.200. The molecule has 0 fully saturated rings. The lowest BCUT2D eigenvalue weighted by atomic mass is 9.94. The number of hydrogen-bond donors (Lipinski definition) is 2. The zero-order valence-electron chi connectivity index (χ0n) is 10.9. The number of aliphatic carboxylic acids is 1. The third-order valence-corrected chi connectivity index (χ3v) is 3.08. The number of rotatable bonds is 5. The molecule has 2 aromatic rings. The van der Waals surface area contributed by atoms with E-state index >= 15 is 0 Å². The molecule has 1 amide bonds. The highest BCUT2D eigenvalue weighted by Crippen LogP contribution is 2.22. The van der Waals surface area contributed by atoms with E-state index in [4.69, 9.17) is 4.42 Å². The average molecular weight is 273 g/mol. The smallest absolute Gasteiger partial charge is 0.308 e. The molecule has 0 aliphatic heterocycles. The number of hydrogen-bond acceptors (Lipinski definition) is 3. The van der Waals surface area contributed by atoms with Crippen LogP contribution in [-0.2, 0) is 4.79 Å². The normalized spacial score (nSPS) is 13.4. The molecule has 2 atom stereocenters. The van der Waals surface area contributed by atoms with Crippen molar-refractivity contribution in [1.82, 2.24) is 5.32 Å². The van der Waals surface area contributed by atoms with Crippen LogP contribution >= 0.6 is 0 Å². The highest BCUT2D eigenvalue weighted by Gasteiger charge is 2.27. The van der Waals surface area contributed by atoms with Gasteiger partial charge in [-0.1, -0.05) is 30.3 Å². The van der Waals surface area contributed by atoms with E-state index in [1.54, 1.807) is 37.3 Å². The van der Waals surface area contributed by atoms with Crippen molar-refractivity contribution in [3.05, 3.63) is 60.1 Å². The van der Waals surface area contributed by atoms with Crippen LogP contribution in [0.5, 0.6) is 0 Å². The number of nitrogens with one attached hydrogen (secondary N) is 1. The summed E-state index contributed by atoms with van der Waals surface area (Å²) in [7, 11) is 0. The van der Waals surface area contributed by atoms with Crippen molar-refractivity contribution in [2.75, 3.05) is 0 Å². The first-order valence-corrected chi connectivity index (χ1v) is 6.21. The van der Waals surface area contributed by atoms with Gasteiger partial charge in [0.05, 0.1) is 18.2 Å². The molecular weight excluding hydrogens is 258 g/mol. The van der Waals surface area contributed by atoms with Crippen LogP contribution in [0.2, 0.25) is 0 Å². The van der Waals surface area contributed by atoms with E-state index in [0.29, 0.717) is 0 Å². The summed E-state index contributed by atoms with van der Waals surface area (Å²) in [6, 6.07) is 11.5. The van der Waals surface area contributed by atoms with E-state index in [1.807, 2.05) is 6.07 Å². The Kier molecular flexibility index (Phi) is 4.20. The molecule has 0 spiro atoms. The van der Waals surface area contributed by atoms with Crippen molar-refractivity contribution in [3.8, 4) is 0 Å². The van der Waals surface area contributed by atoms with Crippen molar-refractivity contribution >= 4 is 11.9 Å². The summed E-state index contributed by atoms with van der Waals surface area (Å²) in [5, 5.41) is 11.9. The summed E-state index contributed by atoms with van der Waals surface area (Å²) in [4.78, 5) is 23.2. The number of carbonyl (C=O) groups excluding carboxylic acids is 1. The number of carboxylic acid groups (broad SMARTS) is 1. The Balaban J connectivity index is 2.24. The lowest BCUT2D eigenvalue weighted by molar-refractivity contribution is -0.142. The molecule has 5 nitrogen and oxygen atoms in total. The molecule has 0 saturated heterocycles. The van der Waals surface area contributed by atoms with Crippen molar-refractivity contribution in [3.63, 3.8) is 0 Å². The number of benzene rings is 1. The molecule has 1 heterocycles. The Labute approximate surface area is 116 Å². The molecule has 1 aromatic carbocycles. The van der Waals surface area contributed by atoms with Crippen LogP contribution in [0.1, 0.15) is 29.1 Å². The largest absolute Gasteiger partial charge is 0.481 e. The minimum Gasteiger partial charge on any atom is -0.481 e. The Morgan fingerprint density at radius 3 is 2.40 bits per heavy atom. The highest BCUT2D eigenvalue weighted by molar-refractivity contribution is 5.92. The van der Waals surface area contributed by atoms with Gasteiger partial charge in [-0.3, -0.25) is 9.59 Å². The number of carboxylic acids is 1. The standard InChI is InChI=1S/C15H15NO4/c1-10(15(18)19)13(11-6-3-2-4-7-11)16-14(17)12-8-5-9-20-12/h2-10,13H,1H3,(H,16,17)(H,18,19)/t10-,13+/m1/s1. The van der Waals surface area contributed by atoms with Crippen LogP contribution in [0.15, 0.2) is 53.1 Å². The molecule has 1 aromatic heterocycles. The quantitative estimate of drug-likeness (QED) is 0.877. The van der Waals surface area contributed by atoms with Gasteiger partial charge >= 0.3 is 5.97 Å². The molecule has 0 saturated carbocycles. The monoisotopic (exact) mass is 273 g/mol. The summed E-state index contributed by atoms with van der Waals surface area (Å²) in [5.41, 5.74) is 0.738. The SMILES string of the molecule is C[C@@H](C(=O)O)[C@H](NC(=O)c1ccco1)c1ccccc1. The van der Waals surface area contributed by atoms with Crippen molar-refractivity contribution in [2.45, 2.75) is 13.0 Å². The second-order valence-electron chi connectivity index (χ2n) is 4.47. The van der Waals surface area contributed by atoms with E-state index < -0.39 is 23.8 Å².